The van der Waals surface area contributed by atoms with Gasteiger partial charge in [0.25, 0.3) is 0 Å². The molecule has 0 heterocycles. The average molecular weight is 755 g/mol. The van der Waals surface area contributed by atoms with Crippen LogP contribution in [0.5, 0.6) is 11.5 Å². The van der Waals surface area contributed by atoms with Crippen LogP contribution >= 0.6 is 23.5 Å². The second kappa shape index (κ2) is 20.2. The number of aliphatic carboxylic acids is 1. The minimum atomic E-state index is -1.41. The molecular formula is C39H42F2Na2O6S2. The zero-order valence-electron chi connectivity index (χ0n) is 30.5. The molecule has 2 N–H and O–H groups in total. The van der Waals surface area contributed by atoms with E-state index in [4.69, 9.17) is 4.74 Å². The van der Waals surface area contributed by atoms with E-state index in [1.165, 1.54) is 24.3 Å². The summed E-state index contributed by atoms with van der Waals surface area (Å²) in [5.41, 5.74) is 4.10. The van der Waals surface area contributed by atoms with Gasteiger partial charge in [-0.15, -0.1) is 23.5 Å². The molecule has 0 bridgehead atoms. The first kappa shape index (κ1) is 45.6. The smallest absolute Gasteiger partial charge is 0.872 e. The van der Waals surface area contributed by atoms with Crippen molar-refractivity contribution in [2.24, 2.45) is 0 Å². The molecule has 0 saturated carbocycles. The number of carboxylic acid groups (broad SMARTS) is 1. The minimum absolute atomic E-state index is 0. The molecule has 0 aliphatic rings. The van der Waals surface area contributed by atoms with E-state index in [0.717, 1.165) is 15.4 Å². The van der Waals surface area contributed by atoms with Gasteiger partial charge in [-0.2, -0.15) is 0 Å². The Morgan fingerprint density at radius 3 is 1.69 bits per heavy atom. The van der Waals surface area contributed by atoms with E-state index in [-0.39, 0.29) is 101 Å². The maximum absolute atomic E-state index is 14.0. The van der Waals surface area contributed by atoms with Crippen molar-refractivity contribution in [3.05, 3.63) is 95.6 Å². The number of carbonyl (C=O) groups excluding carboxylic acids is 1. The molecule has 0 aromatic heterocycles. The summed E-state index contributed by atoms with van der Waals surface area (Å²) < 4.78 is 33.4. The molecule has 0 saturated heterocycles. The number of aliphatic hydroxyl groups is 2. The van der Waals surface area contributed by atoms with E-state index in [0.29, 0.717) is 33.6 Å². The standard InChI is InChI=1S/C39H44F2O6S2.2Na/c1-22(2)32-17-30(19-34(37(32)46)24-7-11-26(40)12-8-24)48-39(5,6)49-31-18-33(23(3)4)38(35(20-31)25-9-13-27(41)14-10-25)47-21-29(43)15-28(42)16-36(44)45;;/h7-14,17-20,22-23,28-29,42-43,46H,15-16,21H2,1-6H3,(H,44,45);;/q;2*+1/p-2/t28-,29+;;/m1../s1. The molecule has 4 rings (SSSR count). The van der Waals surface area contributed by atoms with E-state index in [9.17, 15) is 34.0 Å². The van der Waals surface area contributed by atoms with Crippen molar-refractivity contribution in [2.45, 2.75) is 92.3 Å². The second-order valence-corrected chi connectivity index (χ2v) is 16.8. The summed E-state index contributed by atoms with van der Waals surface area (Å²) in [7, 11) is 0. The molecule has 0 radical (unpaired) electrons. The summed E-state index contributed by atoms with van der Waals surface area (Å²) in [5.74, 6) is -1.77. The second-order valence-electron chi connectivity index (χ2n) is 13.1. The van der Waals surface area contributed by atoms with Crippen molar-refractivity contribution in [2.75, 3.05) is 6.61 Å². The number of hydrogen-bond donors (Lipinski definition) is 2. The molecule has 0 spiro atoms. The number of rotatable bonds is 15. The van der Waals surface area contributed by atoms with Gasteiger partial charge < -0.3 is 30.0 Å². The van der Waals surface area contributed by atoms with Crippen molar-refractivity contribution in [3.63, 3.8) is 0 Å². The van der Waals surface area contributed by atoms with Gasteiger partial charge in [0.2, 0.25) is 0 Å². The first-order chi connectivity index (χ1) is 23.0. The van der Waals surface area contributed by atoms with Crippen molar-refractivity contribution in [1.29, 1.82) is 0 Å². The van der Waals surface area contributed by atoms with Crippen LogP contribution in [0.15, 0.2) is 82.6 Å². The summed E-state index contributed by atoms with van der Waals surface area (Å²) >= 11 is 3.22. The Hall–Kier alpha value is -1.57. The normalized spacial score (nSPS) is 12.6. The van der Waals surface area contributed by atoms with Gasteiger partial charge in [-0.25, -0.2) is 8.78 Å². The van der Waals surface area contributed by atoms with Crippen LogP contribution in [0.3, 0.4) is 0 Å². The monoisotopic (exact) mass is 754 g/mol. The molecule has 262 valence electrons. The van der Waals surface area contributed by atoms with Crippen LogP contribution in [-0.4, -0.2) is 39.1 Å². The summed E-state index contributed by atoms with van der Waals surface area (Å²) in [6.45, 7) is 12.0. The minimum Gasteiger partial charge on any atom is -0.872 e. The van der Waals surface area contributed by atoms with Crippen LogP contribution in [0, 0.1) is 11.6 Å². The quantitative estimate of drug-likeness (QED) is 0.108. The zero-order chi connectivity index (χ0) is 36.0. The summed E-state index contributed by atoms with van der Waals surface area (Å²) in [5, 5.41) is 44.8. The molecule has 2 atom stereocenters. The predicted molar refractivity (Wildman–Crippen MR) is 189 cm³/mol. The van der Waals surface area contributed by atoms with Gasteiger partial charge in [-0.1, -0.05) is 63.3 Å². The van der Waals surface area contributed by atoms with Crippen LogP contribution in [0.4, 0.5) is 8.78 Å². The van der Waals surface area contributed by atoms with Crippen molar-refractivity contribution in [1.82, 2.24) is 0 Å². The number of aliphatic hydroxyl groups excluding tert-OH is 2. The number of benzene rings is 4. The zero-order valence-corrected chi connectivity index (χ0v) is 36.1. The van der Waals surface area contributed by atoms with Crippen LogP contribution in [0.2, 0.25) is 0 Å². The number of ether oxygens (including phenoxy) is 1. The fourth-order valence-corrected chi connectivity index (χ4v) is 8.10. The Labute approximate surface area is 352 Å². The largest absolute Gasteiger partial charge is 1.00 e. The van der Waals surface area contributed by atoms with Gasteiger partial charge in [0.15, 0.2) is 0 Å². The number of halogens is 2. The molecule has 0 aliphatic carbocycles. The molecule has 6 nitrogen and oxygen atoms in total. The van der Waals surface area contributed by atoms with Crippen molar-refractivity contribution in [3.8, 4) is 33.8 Å². The third kappa shape index (κ3) is 13.1. The number of hydrogen-bond acceptors (Lipinski definition) is 8. The summed E-state index contributed by atoms with van der Waals surface area (Å²) in [4.78, 5) is 12.7. The molecule has 12 heteroatoms. The molecule has 4 aromatic rings. The van der Waals surface area contributed by atoms with E-state index >= 15 is 0 Å². The summed E-state index contributed by atoms with van der Waals surface area (Å²) in [6.07, 6.45) is -3.22. The van der Waals surface area contributed by atoms with E-state index in [1.54, 1.807) is 47.8 Å². The summed E-state index contributed by atoms with van der Waals surface area (Å²) in [6, 6.07) is 19.8. The Morgan fingerprint density at radius 1 is 0.765 bits per heavy atom. The average Bonchev–Trinajstić information content (AvgIpc) is 3.00. The van der Waals surface area contributed by atoms with Crippen molar-refractivity contribution >= 4 is 29.5 Å². The fraction of sp³-hybridized carbons (Fsp3) is 0.359. The molecule has 0 aliphatic heterocycles. The fourth-order valence-electron chi connectivity index (χ4n) is 5.50. The SMILES string of the molecule is CC(C)c1cc(SC(C)(C)Sc2cc(-c3ccc(F)cc3)c(OC[C@@H](O)C[C@@H](O)CC(=O)[O-])c(C(C)C)c2)cc(-c2ccc(F)cc2)c1[O-].[Na+].[Na+]. The molecule has 0 unspecified atom stereocenters. The van der Waals surface area contributed by atoms with E-state index in [1.807, 2.05) is 52.0 Å². The first-order valence-corrected chi connectivity index (χ1v) is 17.8. The number of carbonyl (C=O) groups is 1. The first-order valence-electron chi connectivity index (χ1n) is 16.1. The van der Waals surface area contributed by atoms with Crippen LogP contribution in [0.1, 0.15) is 77.3 Å². The Morgan fingerprint density at radius 2 is 1.22 bits per heavy atom. The topological polar surface area (TPSA) is 113 Å². The molecular weight excluding hydrogens is 713 g/mol. The Bertz CT molecular complexity index is 1750. The van der Waals surface area contributed by atoms with Gasteiger partial charge >= 0.3 is 59.1 Å². The van der Waals surface area contributed by atoms with Gasteiger partial charge in [0.05, 0.1) is 16.3 Å². The van der Waals surface area contributed by atoms with Crippen LogP contribution in [-0.2, 0) is 4.79 Å². The van der Waals surface area contributed by atoms with Gasteiger partial charge in [-0.05, 0) is 96.5 Å². The van der Waals surface area contributed by atoms with E-state index < -0.39 is 28.7 Å². The molecule has 0 fully saturated rings. The van der Waals surface area contributed by atoms with Gasteiger partial charge in [0, 0.05) is 34.2 Å². The third-order valence-electron chi connectivity index (χ3n) is 7.83. The van der Waals surface area contributed by atoms with Crippen LogP contribution in [0.25, 0.3) is 22.3 Å². The molecule has 51 heavy (non-hydrogen) atoms. The number of thioether (sulfide) groups is 2. The Kier molecular flexibility index (Phi) is 18.1. The molecule has 0 amide bonds. The van der Waals surface area contributed by atoms with E-state index in [2.05, 4.69) is 13.8 Å². The van der Waals surface area contributed by atoms with Crippen LogP contribution < -0.4 is 74.1 Å². The predicted octanol–water partition coefficient (Wildman–Crippen LogP) is 1.88. The molecule has 4 aromatic carbocycles. The maximum atomic E-state index is 14.0. The van der Waals surface area contributed by atoms with Crippen molar-refractivity contribution < 1.29 is 97.9 Å². The van der Waals surface area contributed by atoms with Gasteiger partial charge in [-0.3, -0.25) is 0 Å². The van der Waals surface area contributed by atoms with Gasteiger partial charge in [0.1, 0.15) is 24.0 Å². The third-order valence-corrected chi connectivity index (χ3v) is 10.3. The maximum Gasteiger partial charge on any atom is 1.00 e. The Balaban J connectivity index is 0.00000451. The number of carboxylic acids is 1.